The fourth-order valence-corrected chi connectivity index (χ4v) is 3.22. The van der Waals surface area contributed by atoms with Gasteiger partial charge in [-0.1, -0.05) is 0 Å². The van der Waals surface area contributed by atoms with E-state index in [1.54, 1.807) is 11.6 Å². The fourth-order valence-electron chi connectivity index (χ4n) is 1.74. The highest BCUT2D eigenvalue weighted by molar-refractivity contribution is 7.99. The SMILES string of the molecule is COC(CNC(=O)CSCc1cc(=O)n2ccsc2n1)C(=O)O. The van der Waals surface area contributed by atoms with Gasteiger partial charge in [0, 0.05) is 30.5 Å². The number of rotatable bonds is 8. The van der Waals surface area contributed by atoms with Crippen LogP contribution >= 0.6 is 23.1 Å². The van der Waals surface area contributed by atoms with Crippen molar-refractivity contribution < 1.29 is 19.4 Å². The van der Waals surface area contributed by atoms with Gasteiger partial charge in [-0.2, -0.15) is 0 Å². The van der Waals surface area contributed by atoms with E-state index in [-0.39, 0.29) is 23.8 Å². The van der Waals surface area contributed by atoms with Crippen molar-refractivity contribution in [3.05, 3.63) is 33.7 Å². The number of fused-ring (bicyclic) bond motifs is 1. The molecule has 0 aliphatic rings. The second-order valence-electron chi connectivity index (χ2n) is 4.50. The first kappa shape index (κ1) is 17.4. The summed E-state index contributed by atoms with van der Waals surface area (Å²) in [7, 11) is 1.27. The molecule has 23 heavy (non-hydrogen) atoms. The number of thiazole rings is 1. The van der Waals surface area contributed by atoms with Crippen molar-refractivity contribution in [2.45, 2.75) is 11.9 Å². The van der Waals surface area contributed by atoms with E-state index < -0.39 is 12.1 Å². The number of carbonyl (C=O) groups excluding carboxylic acids is 1. The fraction of sp³-hybridized carbons (Fsp3) is 0.385. The number of carboxylic acid groups (broad SMARTS) is 1. The van der Waals surface area contributed by atoms with E-state index in [0.717, 1.165) is 0 Å². The van der Waals surface area contributed by atoms with Crippen LogP contribution < -0.4 is 10.9 Å². The molecule has 2 aromatic heterocycles. The molecule has 0 bridgehead atoms. The molecule has 0 fully saturated rings. The molecule has 2 heterocycles. The number of ether oxygens (including phenoxy) is 1. The summed E-state index contributed by atoms with van der Waals surface area (Å²) in [4.78, 5) is 39.1. The molecule has 0 saturated carbocycles. The number of carbonyl (C=O) groups is 2. The maximum atomic E-state index is 11.8. The van der Waals surface area contributed by atoms with Gasteiger partial charge in [0.1, 0.15) is 0 Å². The summed E-state index contributed by atoms with van der Waals surface area (Å²) in [5.74, 6) is -0.868. The molecular formula is C13H15N3O5S2. The van der Waals surface area contributed by atoms with Gasteiger partial charge in [0.05, 0.1) is 18.0 Å². The van der Waals surface area contributed by atoms with Crippen molar-refractivity contribution in [3.8, 4) is 0 Å². The highest BCUT2D eigenvalue weighted by Crippen LogP contribution is 2.12. The third kappa shape index (κ3) is 4.78. The molecule has 0 saturated heterocycles. The molecule has 0 aliphatic carbocycles. The second-order valence-corrected chi connectivity index (χ2v) is 6.36. The maximum absolute atomic E-state index is 11.8. The van der Waals surface area contributed by atoms with Crippen LogP contribution in [0.15, 0.2) is 22.4 Å². The molecule has 0 radical (unpaired) electrons. The highest BCUT2D eigenvalue weighted by Gasteiger charge is 2.17. The Bertz CT molecular complexity index is 757. The van der Waals surface area contributed by atoms with E-state index in [4.69, 9.17) is 9.84 Å². The van der Waals surface area contributed by atoms with Crippen LogP contribution in [0.5, 0.6) is 0 Å². The highest BCUT2D eigenvalue weighted by atomic mass is 32.2. The monoisotopic (exact) mass is 357 g/mol. The van der Waals surface area contributed by atoms with Gasteiger partial charge in [0.25, 0.3) is 5.56 Å². The minimum absolute atomic E-state index is 0.0913. The number of methoxy groups -OCH3 is 1. The molecule has 8 nitrogen and oxygen atoms in total. The van der Waals surface area contributed by atoms with E-state index in [2.05, 4.69) is 10.3 Å². The van der Waals surface area contributed by atoms with Crippen molar-refractivity contribution in [3.63, 3.8) is 0 Å². The molecule has 10 heteroatoms. The summed E-state index contributed by atoms with van der Waals surface area (Å²) in [6, 6.07) is 1.44. The van der Waals surface area contributed by atoms with E-state index in [1.807, 2.05) is 0 Å². The van der Waals surface area contributed by atoms with Gasteiger partial charge in [0.2, 0.25) is 5.91 Å². The Morgan fingerprint density at radius 2 is 2.35 bits per heavy atom. The molecule has 2 rings (SSSR count). The number of aromatic nitrogens is 2. The summed E-state index contributed by atoms with van der Waals surface area (Å²) in [5.41, 5.74) is 0.455. The number of aliphatic carboxylic acids is 1. The van der Waals surface area contributed by atoms with E-state index in [1.165, 1.54) is 40.7 Å². The molecule has 124 valence electrons. The smallest absolute Gasteiger partial charge is 0.334 e. The first-order valence-corrected chi connectivity index (χ1v) is 8.60. The van der Waals surface area contributed by atoms with Gasteiger partial charge in [-0.05, 0) is 0 Å². The van der Waals surface area contributed by atoms with E-state index >= 15 is 0 Å². The summed E-state index contributed by atoms with van der Waals surface area (Å²) in [6.07, 6.45) is 0.598. The Kier molecular flexibility index (Phi) is 6.13. The van der Waals surface area contributed by atoms with Gasteiger partial charge in [-0.15, -0.1) is 23.1 Å². The number of amides is 1. The topological polar surface area (TPSA) is 110 Å². The predicted octanol–water partition coefficient (Wildman–Crippen LogP) is 0.205. The van der Waals surface area contributed by atoms with Gasteiger partial charge in [-0.3, -0.25) is 14.0 Å². The minimum atomic E-state index is -1.13. The van der Waals surface area contributed by atoms with E-state index in [0.29, 0.717) is 16.4 Å². The average Bonchev–Trinajstić information content (AvgIpc) is 2.96. The van der Waals surface area contributed by atoms with Crippen molar-refractivity contribution in [2.75, 3.05) is 19.4 Å². The largest absolute Gasteiger partial charge is 0.479 e. The molecule has 1 unspecified atom stereocenters. The normalized spacial score (nSPS) is 12.2. The Morgan fingerprint density at radius 1 is 1.57 bits per heavy atom. The lowest BCUT2D eigenvalue weighted by atomic mass is 10.3. The zero-order valence-corrected chi connectivity index (χ0v) is 13.9. The van der Waals surface area contributed by atoms with Crippen LogP contribution in [0, 0.1) is 0 Å². The second kappa shape index (κ2) is 8.09. The first-order valence-electron chi connectivity index (χ1n) is 6.57. The lowest BCUT2D eigenvalue weighted by molar-refractivity contribution is -0.148. The van der Waals surface area contributed by atoms with Crippen molar-refractivity contribution in [2.24, 2.45) is 0 Å². The van der Waals surface area contributed by atoms with Crippen molar-refractivity contribution >= 4 is 39.9 Å². The number of nitrogens with one attached hydrogen (secondary N) is 1. The van der Waals surface area contributed by atoms with Crippen LogP contribution in [-0.2, 0) is 20.1 Å². The van der Waals surface area contributed by atoms with Crippen LogP contribution in [0.4, 0.5) is 0 Å². The summed E-state index contributed by atoms with van der Waals surface area (Å²) >= 11 is 2.66. The minimum Gasteiger partial charge on any atom is -0.479 e. The van der Waals surface area contributed by atoms with E-state index in [9.17, 15) is 14.4 Å². The Hall–Kier alpha value is -1.91. The Morgan fingerprint density at radius 3 is 3.04 bits per heavy atom. The maximum Gasteiger partial charge on any atom is 0.334 e. The third-order valence-corrected chi connectivity index (χ3v) is 4.61. The quantitative estimate of drug-likeness (QED) is 0.695. The molecule has 1 atom stereocenters. The standard InChI is InChI=1S/C13H15N3O5S2/c1-21-9(12(19)20)5-14-10(17)7-22-6-8-4-11(18)16-2-3-23-13(16)15-8/h2-4,9H,5-7H2,1H3,(H,14,17)(H,19,20). The zero-order valence-electron chi connectivity index (χ0n) is 12.2. The number of hydrogen-bond acceptors (Lipinski definition) is 7. The molecule has 0 aliphatic heterocycles. The van der Waals surface area contributed by atoms with Crippen LogP contribution in [0.2, 0.25) is 0 Å². The van der Waals surface area contributed by atoms with Gasteiger partial charge in [0.15, 0.2) is 11.1 Å². The van der Waals surface area contributed by atoms with Crippen molar-refractivity contribution in [1.29, 1.82) is 0 Å². The van der Waals surface area contributed by atoms with Crippen LogP contribution in [-0.4, -0.2) is 51.9 Å². The molecule has 0 spiro atoms. The number of carboxylic acids is 1. The third-order valence-electron chi connectivity index (χ3n) is 2.88. The average molecular weight is 357 g/mol. The lowest BCUT2D eigenvalue weighted by Crippen LogP contribution is -2.38. The van der Waals surface area contributed by atoms with Crippen molar-refractivity contribution in [1.82, 2.24) is 14.7 Å². The Balaban J connectivity index is 1.80. The lowest BCUT2D eigenvalue weighted by Gasteiger charge is -2.11. The molecule has 2 N–H and O–H groups in total. The van der Waals surface area contributed by atoms with Gasteiger partial charge in [-0.25, -0.2) is 9.78 Å². The van der Waals surface area contributed by atoms with Crippen LogP contribution in [0.25, 0.3) is 4.96 Å². The number of thioether (sulfide) groups is 1. The van der Waals surface area contributed by atoms with Gasteiger partial charge < -0.3 is 15.2 Å². The molecule has 0 aromatic carbocycles. The Labute approximate surface area is 139 Å². The first-order chi connectivity index (χ1) is 11.0. The molecule has 1 amide bonds. The van der Waals surface area contributed by atoms with Crippen LogP contribution in [0.1, 0.15) is 5.69 Å². The summed E-state index contributed by atoms with van der Waals surface area (Å²) in [5, 5.41) is 13.1. The summed E-state index contributed by atoms with van der Waals surface area (Å²) < 4.78 is 6.18. The number of hydrogen-bond donors (Lipinski definition) is 2. The summed E-state index contributed by atoms with van der Waals surface area (Å²) in [6.45, 7) is -0.0913. The molecule has 2 aromatic rings. The predicted molar refractivity (Wildman–Crippen MR) is 86.9 cm³/mol. The molecular weight excluding hydrogens is 342 g/mol. The van der Waals surface area contributed by atoms with Crippen LogP contribution in [0.3, 0.4) is 0 Å². The van der Waals surface area contributed by atoms with Gasteiger partial charge >= 0.3 is 5.97 Å². The zero-order chi connectivity index (χ0) is 16.8. The number of nitrogens with zero attached hydrogens (tertiary/aromatic N) is 2.